The van der Waals surface area contributed by atoms with Crippen LogP contribution in [0.4, 0.5) is 0 Å². The quantitative estimate of drug-likeness (QED) is 0.704. The maximum Gasteiger partial charge on any atom is 0.181 e. The van der Waals surface area contributed by atoms with Crippen molar-refractivity contribution in [3.63, 3.8) is 0 Å². The molecular formula is C11H8BrNO. The largest absolute Gasteiger partial charge is 0.338 e. The monoisotopic (exact) mass is 249 g/mol. The van der Waals surface area contributed by atoms with Gasteiger partial charge in [-0.2, -0.15) is 0 Å². The van der Waals surface area contributed by atoms with E-state index in [0.29, 0.717) is 6.42 Å². The lowest BCUT2D eigenvalue weighted by Crippen LogP contribution is -1.91. The zero-order valence-corrected chi connectivity index (χ0v) is 9.04. The van der Waals surface area contributed by atoms with Gasteiger partial charge >= 0.3 is 0 Å². The maximum atomic E-state index is 11.5. The zero-order chi connectivity index (χ0) is 9.71. The van der Waals surface area contributed by atoms with Crippen LogP contribution in [0.3, 0.4) is 0 Å². The highest BCUT2D eigenvalue weighted by Crippen LogP contribution is 2.30. The highest BCUT2D eigenvalue weighted by molar-refractivity contribution is 9.10. The third kappa shape index (κ3) is 0.932. The van der Waals surface area contributed by atoms with Crippen molar-refractivity contribution in [3.05, 3.63) is 34.4 Å². The number of hydrogen-bond acceptors (Lipinski definition) is 1. The molecule has 2 nitrogen and oxygen atoms in total. The molecule has 70 valence electrons. The summed E-state index contributed by atoms with van der Waals surface area (Å²) in [6, 6.07) is 8.04. The maximum absolute atomic E-state index is 11.5. The van der Waals surface area contributed by atoms with E-state index in [0.717, 1.165) is 27.6 Å². The zero-order valence-electron chi connectivity index (χ0n) is 7.46. The van der Waals surface area contributed by atoms with Crippen LogP contribution < -0.4 is 0 Å². The Morgan fingerprint density at radius 2 is 2.21 bits per heavy atom. The minimum absolute atomic E-state index is 0.258. The number of Topliss-reactive ketones (excluding diaryl/α,β-unsaturated/α-hetero) is 1. The Morgan fingerprint density at radius 3 is 3.07 bits per heavy atom. The summed E-state index contributed by atoms with van der Waals surface area (Å²) in [4.78, 5) is 11.5. The predicted octanol–water partition coefficient (Wildman–Crippen LogP) is 2.99. The van der Waals surface area contributed by atoms with Gasteiger partial charge in [0, 0.05) is 28.3 Å². The highest BCUT2D eigenvalue weighted by Gasteiger charge is 2.22. The Morgan fingerprint density at radius 1 is 1.36 bits per heavy atom. The van der Waals surface area contributed by atoms with Crippen molar-refractivity contribution in [2.45, 2.75) is 13.0 Å². The number of carbonyl (C=O) groups is 1. The fourth-order valence-corrected chi connectivity index (χ4v) is 2.53. The minimum atomic E-state index is 0.258. The molecule has 0 unspecified atom stereocenters. The Hall–Kier alpha value is -1.09. The lowest BCUT2D eigenvalue weighted by Gasteiger charge is -1.99. The molecule has 3 rings (SSSR count). The van der Waals surface area contributed by atoms with Gasteiger partial charge in [0.15, 0.2) is 5.78 Å². The number of aromatic nitrogens is 1. The molecule has 3 heteroatoms. The van der Waals surface area contributed by atoms with E-state index in [1.54, 1.807) is 0 Å². The smallest absolute Gasteiger partial charge is 0.181 e. The summed E-state index contributed by atoms with van der Waals surface area (Å²) in [7, 11) is 0. The van der Waals surface area contributed by atoms with E-state index in [4.69, 9.17) is 0 Å². The van der Waals surface area contributed by atoms with E-state index in [9.17, 15) is 4.79 Å². The number of aryl methyl sites for hydroxylation is 1. The first-order valence-electron chi connectivity index (χ1n) is 4.58. The first-order valence-corrected chi connectivity index (χ1v) is 5.37. The Bertz CT molecular complexity index is 541. The average molecular weight is 250 g/mol. The van der Waals surface area contributed by atoms with Crippen LogP contribution in [-0.4, -0.2) is 10.4 Å². The van der Waals surface area contributed by atoms with Crippen LogP contribution in [0.2, 0.25) is 0 Å². The highest BCUT2D eigenvalue weighted by atomic mass is 79.9. The predicted molar refractivity (Wildman–Crippen MR) is 58.6 cm³/mol. The summed E-state index contributed by atoms with van der Waals surface area (Å²) in [5, 5.41) is 1.13. The van der Waals surface area contributed by atoms with Crippen LogP contribution in [0.5, 0.6) is 0 Å². The molecule has 1 aliphatic heterocycles. The second-order valence-electron chi connectivity index (χ2n) is 3.53. The third-order valence-corrected chi connectivity index (χ3v) is 3.43. The third-order valence-electron chi connectivity index (χ3n) is 2.74. The topological polar surface area (TPSA) is 22.0 Å². The summed E-state index contributed by atoms with van der Waals surface area (Å²) in [6.07, 6.45) is 0.651. The number of rotatable bonds is 0. The second-order valence-corrected chi connectivity index (χ2v) is 4.38. The summed E-state index contributed by atoms with van der Waals surface area (Å²) in [6.45, 7) is 0.828. The van der Waals surface area contributed by atoms with Crippen molar-refractivity contribution in [2.24, 2.45) is 0 Å². The van der Waals surface area contributed by atoms with Gasteiger partial charge in [-0.3, -0.25) is 4.79 Å². The molecule has 1 aromatic carbocycles. The first-order chi connectivity index (χ1) is 6.77. The number of hydrogen-bond donors (Lipinski definition) is 0. The molecule has 0 fully saturated rings. The Labute approximate surface area is 89.7 Å². The number of ketones is 1. The molecular weight excluding hydrogens is 242 g/mol. The summed E-state index contributed by atoms with van der Waals surface area (Å²) in [5.74, 6) is 0.258. The molecule has 0 spiro atoms. The van der Waals surface area contributed by atoms with Crippen LogP contribution in [0.25, 0.3) is 10.9 Å². The fraction of sp³-hybridized carbons (Fsp3) is 0.182. The van der Waals surface area contributed by atoms with Gasteiger partial charge in [-0.05, 0) is 18.2 Å². The van der Waals surface area contributed by atoms with Crippen molar-refractivity contribution in [2.75, 3.05) is 0 Å². The molecule has 0 saturated heterocycles. The normalized spacial score (nSPS) is 15.1. The minimum Gasteiger partial charge on any atom is -0.338 e. The number of halogens is 1. The number of nitrogens with zero attached hydrogens (tertiary/aromatic N) is 1. The van der Waals surface area contributed by atoms with Gasteiger partial charge in [-0.15, -0.1) is 0 Å². The van der Waals surface area contributed by atoms with Gasteiger partial charge in [0.2, 0.25) is 0 Å². The summed E-state index contributed by atoms with van der Waals surface area (Å²) >= 11 is 3.49. The van der Waals surface area contributed by atoms with Crippen molar-refractivity contribution in [1.29, 1.82) is 0 Å². The van der Waals surface area contributed by atoms with Crippen molar-refractivity contribution in [3.8, 4) is 0 Å². The lowest BCUT2D eigenvalue weighted by molar-refractivity contribution is 0.0994. The molecule has 0 N–H and O–H groups in total. The van der Waals surface area contributed by atoms with Crippen molar-refractivity contribution in [1.82, 2.24) is 4.57 Å². The molecule has 2 aromatic rings. The van der Waals surface area contributed by atoms with Crippen LogP contribution in [0.15, 0.2) is 28.7 Å². The number of fused-ring (bicyclic) bond motifs is 3. The molecule has 0 aliphatic carbocycles. The molecule has 2 heterocycles. The Balaban J connectivity index is 2.45. The first kappa shape index (κ1) is 8.24. The molecule has 0 radical (unpaired) electrons. The number of carbonyl (C=O) groups excluding carboxylic acids is 1. The van der Waals surface area contributed by atoms with E-state index in [2.05, 4.69) is 26.6 Å². The summed E-state index contributed by atoms with van der Waals surface area (Å²) in [5.41, 5.74) is 2.01. The van der Waals surface area contributed by atoms with Crippen LogP contribution >= 0.6 is 15.9 Å². The van der Waals surface area contributed by atoms with Crippen molar-refractivity contribution < 1.29 is 4.79 Å². The van der Waals surface area contributed by atoms with E-state index in [1.165, 1.54) is 0 Å². The van der Waals surface area contributed by atoms with Crippen molar-refractivity contribution >= 4 is 32.6 Å². The lowest BCUT2D eigenvalue weighted by atomic mass is 10.2. The van der Waals surface area contributed by atoms with Crippen LogP contribution in [0, 0.1) is 0 Å². The van der Waals surface area contributed by atoms with Gasteiger partial charge in [0.1, 0.15) is 0 Å². The molecule has 1 aromatic heterocycles. The van der Waals surface area contributed by atoms with E-state index >= 15 is 0 Å². The second kappa shape index (κ2) is 2.70. The van der Waals surface area contributed by atoms with E-state index in [-0.39, 0.29) is 5.78 Å². The van der Waals surface area contributed by atoms with Gasteiger partial charge in [-0.1, -0.05) is 22.0 Å². The average Bonchev–Trinajstić information content (AvgIpc) is 2.69. The molecule has 0 saturated carbocycles. The van der Waals surface area contributed by atoms with Gasteiger partial charge in [0.25, 0.3) is 0 Å². The van der Waals surface area contributed by atoms with Crippen LogP contribution in [0.1, 0.15) is 16.9 Å². The van der Waals surface area contributed by atoms with E-state index < -0.39 is 0 Å². The molecule has 1 aliphatic rings. The fourth-order valence-electron chi connectivity index (χ4n) is 2.06. The molecule has 14 heavy (non-hydrogen) atoms. The number of benzene rings is 1. The van der Waals surface area contributed by atoms with Crippen LogP contribution in [-0.2, 0) is 6.54 Å². The summed E-state index contributed by atoms with van der Waals surface area (Å²) < 4.78 is 3.16. The van der Waals surface area contributed by atoms with Gasteiger partial charge < -0.3 is 4.57 Å². The molecule has 0 amide bonds. The van der Waals surface area contributed by atoms with Gasteiger partial charge in [0.05, 0.1) is 5.69 Å². The van der Waals surface area contributed by atoms with Gasteiger partial charge in [-0.25, -0.2) is 0 Å². The Kier molecular flexibility index (Phi) is 1.59. The van der Waals surface area contributed by atoms with E-state index in [1.807, 2.05) is 18.2 Å². The molecule has 0 atom stereocenters. The molecule has 0 bridgehead atoms. The SMILES string of the molecule is O=C1CCn2c1cc1c(Br)cccc12. The standard InChI is InChI=1S/C11H8BrNO/c12-8-2-1-3-9-7(8)6-10-11(14)4-5-13(9)10/h1-3,6H,4-5H2.